The van der Waals surface area contributed by atoms with Crippen molar-refractivity contribution in [3.05, 3.63) is 34.9 Å². The summed E-state index contributed by atoms with van der Waals surface area (Å²) in [6.07, 6.45) is 7.12. The number of hydrogen-bond donors (Lipinski definition) is 0. The van der Waals surface area contributed by atoms with E-state index in [9.17, 15) is 4.79 Å². The van der Waals surface area contributed by atoms with Crippen molar-refractivity contribution < 1.29 is 14.3 Å². The number of rotatable bonds is 4. The van der Waals surface area contributed by atoms with Gasteiger partial charge >= 0.3 is 5.97 Å². The van der Waals surface area contributed by atoms with Gasteiger partial charge in [-0.3, -0.25) is 4.79 Å². The molecule has 4 heteroatoms. The molecule has 1 atom stereocenters. The zero-order chi connectivity index (χ0) is 15.4. The van der Waals surface area contributed by atoms with Crippen LogP contribution in [0.25, 0.3) is 0 Å². The van der Waals surface area contributed by atoms with Crippen LogP contribution in [0.5, 0.6) is 0 Å². The molecule has 3 nitrogen and oxygen atoms in total. The smallest absolute Gasteiger partial charge is 0.316 e. The molecule has 120 valence electrons. The van der Waals surface area contributed by atoms with Crippen LogP contribution in [-0.4, -0.2) is 25.3 Å². The maximum atomic E-state index is 12.8. The highest BCUT2D eigenvalue weighted by Gasteiger charge is 2.44. The Morgan fingerprint density at radius 2 is 2.09 bits per heavy atom. The van der Waals surface area contributed by atoms with Gasteiger partial charge in [-0.2, -0.15) is 0 Å². The number of carbonyl (C=O) groups is 1. The Labute approximate surface area is 136 Å². The average molecular weight is 323 g/mol. The molecule has 0 spiro atoms. The molecule has 1 aliphatic heterocycles. The second-order valence-electron chi connectivity index (χ2n) is 6.39. The van der Waals surface area contributed by atoms with Gasteiger partial charge in [0.15, 0.2) is 0 Å². The maximum absolute atomic E-state index is 12.8. The van der Waals surface area contributed by atoms with Gasteiger partial charge in [0.1, 0.15) is 6.61 Å². The highest BCUT2D eigenvalue weighted by Crippen LogP contribution is 2.42. The van der Waals surface area contributed by atoms with Crippen LogP contribution in [0.1, 0.15) is 50.5 Å². The number of halogens is 1. The fourth-order valence-corrected chi connectivity index (χ4v) is 3.81. The van der Waals surface area contributed by atoms with Crippen LogP contribution in [0.3, 0.4) is 0 Å². The van der Waals surface area contributed by atoms with Crippen molar-refractivity contribution in [2.24, 2.45) is 0 Å². The van der Waals surface area contributed by atoms with Gasteiger partial charge in [0.05, 0.1) is 11.5 Å². The van der Waals surface area contributed by atoms with E-state index in [1.54, 1.807) is 0 Å². The Hall–Kier alpha value is -1.06. The van der Waals surface area contributed by atoms with Gasteiger partial charge in [0.25, 0.3) is 0 Å². The number of esters is 1. The summed E-state index contributed by atoms with van der Waals surface area (Å²) >= 11 is 6.12. The molecule has 1 aromatic rings. The van der Waals surface area contributed by atoms with E-state index in [-0.39, 0.29) is 12.1 Å². The van der Waals surface area contributed by atoms with Crippen LogP contribution in [0.15, 0.2) is 24.3 Å². The molecule has 22 heavy (non-hydrogen) atoms. The first-order valence-electron chi connectivity index (χ1n) is 8.26. The van der Waals surface area contributed by atoms with Crippen molar-refractivity contribution in [3.63, 3.8) is 0 Å². The van der Waals surface area contributed by atoms with E-state index in [2.05, 4.69) is 0 Å². The standard InChI is InChI=1S/C18H23ClO3/c19-15-7-5-6-14(12-15)18(9-2-3-10-18)17(20)22-13-16-8-1-4-11-21-16/h5-7,12,16H,1-4,8-11,13H2. The van der Waals surface area contributed by atoms with Crippen LogP contribution in [0.4, 0.5) is 0 Å². The Kier molecular flexibility index (Phi) is 5.04. The van der Waals surface area contributed by atoms with Crippen LogP contribution in [0.2, 0.25) is 5.02 Å². The molecule has 2 aliphatic rings. The first-order valence-corrected chi connectivity index (χ1v) is 8.63. The highest BCUT2D eigenvalue weighted by atomic mass is 35.5. The monoisotopic (exact) mass is 322 g/mol. The summed E-state index contributed by atoms with van der Waals surface area (Å²) in [5.74, 6) is -0.110. The van der Waals surface area contributed by atoms with Gasteiger partial charge in [-0.25, -0.2) is 0 Å². The normalized spacial score (nSPS) is 24.1. The minimum absolute atomic E-state index is 0.0653. The molecule has 0 aromatic heterocycles. The van der Waals surface area contributed by atoms with Gasteiger partial charge in [0.2, 0.25) is 0 Å². The third kappa shape index (κ3) is 3.31. The van der Waals surface area contributed by atoms with Crippen LogP contribution in [0, 0.1) is 0 Å². The van der Waals surface area contributed by atoms with E-state index < -0.39 is 5.41 Å². The maximum Gasteiger partial charge on any atom is 0.316 e. The van der Waals surface area contributed by atoms with Crippen LogP contribution >= 0.6 is 11.6 Å². The first-order chi connectivity index (χ1) is 10.7. The Balaban J connectivity index is 1.71. The average Bonchev–Trinajstić information content (AvgIpc) is 3.05. The first kappa shape index (κ1) is 15.8. The Morgan fingerprint density at radius 1 is 1.27 bits per heavy atom. The highest BCUT2D eigenvalue weighted by molar-refractivity contribution is 6.30. The minimum atomic E-state index is -0.514. The second kappa shape index (κ2) is 7.01. The zero-order valence-corrected chi connectivity index (χ0v) is 13.6. The number of carbonyl (C=O) groups excluding carboxylic acids is 1. The lowest BCUT2D eigenvalue weighted by Crippen LogP contribution is -2.37. The van der Waals surface area contributed by atoms with Gasteiger partial charge in [-0.1, -0.05) is 36.6 Å². The summed E-state index contributed by atoms with van der Waals surface area (Å²) in [5, 5.41) is 0.673. The molecule has 2 fully saturated rings. The third-order valence-corrected chi connectivity index (χ3v) is 5.13. The number of ether oxygens (including phenoxy) is 2. The van der Waals surface area contributed by atoms with Crippen molar-refractivity contribution >= 4 is 17.6 Å². The molecule has 1 aliphatic carbocycles. The molecule has 0 bridgehead atoms. The van der Waals surface area contributed by atoms with Crippen LogP contribution < -0.4 is 0 Å². The largest absolute Gasteiger partial charge is 0.462 e. The molecule has 3 rings (SSSR count). The summed E-state index contributed by atoms with van der Waals surface area (Å²) < 4.78 is 11.3. The van der Waals surface area contributed by atoms with E-state index in [0.29, 0.717) is 11.6 Å². The fraction of sp³-hybridized carbons (Fsp3) is 0.611. The summed E-state index contributed by atoms with van der Waals surface area (Å²) in [6.45, 7) is 1.16. The number of hydrogen-bond acceptors (Lipinski definition) is 3. The molecule has 1 aromatic carbocycles. The van der Waals surface area contributed by atoms with Crippen molar-refractivity contribution in [2.75, 3.05) is 13.2 Å². The summed E-state index contributed by atoms with van der Waals surface area (Å²) in [6, 6.07) is 7.66. The van der Waals surface area contributed by atoms with E-state index in [0.717, 1.165) is 57.1 Å². The minimum Gasteiger partial charge on any atom is -0.462 e. The zero-order valence-electron chi connectivity index (χ0n) is 12.9. The molecular weight excluding hydrogens is 300 g/mol. The fourth-order valence-electron chi connectivity index (χ4n) is 3.62. The van der Waals surface area contributed by atoms with Crippen molar-refractivity contribution in [1.29, 1.82) is 0 Å². The predicted octanol–water partition coefficient (Wildman–Crippen LogP) is 4.26. The van der Waals surface area contributed by atoms with Gasteiger partial charge in [-0.05, 0) is 49.8 Å². The lowest BCUT2D eigenvalue weighted by Gasteiger charge is -2.29. The van der Waals surface area contributed by atoms with E-state index in [4.69, 9.17) is 21.1 Å². The Bertz CT molecular complexity index is 517. The summed E-state index contributed by atoms with van der Waals surface area (Å²) in [4.78, 5) is 12.8. The lowest BCUT2D eigenvalue weighted by molar-refractivity contribution is -0.156. The van der Waals surface area contributed by atoms with E-state index >= 15 is 0 Å². The number of benzene rings is 1. The van der Waals surface area contributed by atoms with Gasteiger partial charge in [0, 0.05) is 11.6 Å². The van der Waals surface area contributed by atoms with Crippen molar-refractivity contribution in [2.45, 2.75) is 56.5 Å². The molecule has 1 saturated heterocycles. The SMILES string of the molecule is O=C(OCC1CCCCO1)C1(c2cccc(Cl)c2)CCCC1. The lowest BCUT2D eigenvalue weighted by atomic mass is 9.79. The molecule has 0 radical (unpaired) electrons. The Morgan fingerprint density at radius 3 is 2.77 bits per heavy atom. The van der Waals surface area contributed by atoms with Crippen molar-refractivity contribution in [3.8, 4) is 0 Å². The van der Waals surface area contributed by atoms with Crippen molar-refractivity contribution in [1.82, 2.24) is 0 Å². The second-order valence-corrected chi connectivity index (χ2v) is 6.82. The molecular formula is C18H23ClO3. The van der Waals surface area contributed by atoms with E-state index in [1.807, 2.05) is 24.3 Å². The molecule has 1 unspecified atom stereocenters. The topological polar surface area (TPSA) is 35.5 Å². The summed E-state index contributed by atoms with van der Waals surface area (Å²) in [5.41, 5.74) is 0.478. The third-order valence-electron chi connectivity index (χ3n) is 4.90. The van der Waals surface area contributed by atoms with Gasteiger partial charge < -0.3 is 9.47 Å². The summed E-state index contributed by atoms with van der Waals surface area (Å²) in [7, 11) is 0. The molecule has 1 heterocycles. The molecule has 1 saturated carbocycles. The molecule has 0 amide bonds. The quantitative estimate of drug-likeness (QED) is 0.777. The van der Waals surface area contributed by atoms with Gasteiger partial charge in [-0.15, -0.1) is 0 Å². The predicted molar refractivity (Wildman–Crippen MR) is 86.1 cm³/mol. The van der Waals surface area contributed by atoms with Crippen LogP contribution in [-0.2, 0) is 19.7 Å². The molecule has 0 N–H and O–H groups in total. The van der Waals surface area contributed by atoms with E-state index in [1.165, 1.54) is 0 Å².